The zero-order chi connectivity index (χ0) is 26.4. The first-order valence-corrected chi connectivity index (χ1v) is 13.6. The van der Waals surface area contributed by atoms with Gasteiger partial charge in [0, 0.05) is 44.2 Å². The molecule has 1 amide bonds. The van der Waals surface area contributed by atoms with Crippen LogP contribution < -0.4 is 10.6 Å². The quantitative estimate of drug-likeness (QED) is 0.485. The number of hydrogen-bond acceptors (Lipinski definition) is 9. The minimum Gasteiger partial charge on any atom is -0.399 e. The van der Waals surface area contributed by atoms with Gasteiger partial charge in [-0.15, -0.1) is 0 Å². The predicted octanol–water partition coefficient (Wildman–Crippen LogP) is 2.51. The molecule has 5 rings (SSSR count). The van der Waals surface area contributed by atoms with Gasteiger partial charge in [-0.25, -0.2) is 23.4 Å². The third kappa shape index (κ3) is 4.53. The Morgan fingerprint density at radius 3 is 2.46 bits per heavy atom. The Bertz CT molecular complexity index is 1420. The summed E-state index contributed by atoms with van der Waals surface area (Å²) >= 11 is 0. The van der Waals surface area contributed by atoms with E-state index in [1.807, 2.05) is 19.1 Å². The molecular weight excluding hydrogens is 492 g/mol. The lowest BCUT2D eigenvalue weighted by atomic mass is 10.1. The van der Waals surface area contributed by atoms with Crippen LogP contribution in [-0.2, 0) is 19.3 Å². The highest BCUT2D eigenvalue weighted by Crippen LogP contribution is 2.55. The van der Waals surface area contributed by atoms with Crippen molar-refractivity contribution in [2.24, 2.45) is 0 Å². The molecule has 1 saturated heterocycles. The van der Waals surface area contributed by atoms with Crippen LogP contribution in [0, 0.1) is 0 Å². The van der Waals surface area contributed by atoms with Crippen molar-refractivity contribution in [3.63, 3.8) is 0 Å². The fourth-order valence-electron chi connectivity index (χ4n) is 4.54. The lowest BCUT2D eigenvalue weighted by Crippen LogP contribution is -2.44. The van der Waals surface area contributed by atoms with Crippen molar-refractivity contribution < 1.29 is 17.9 Å². The topological polar surface area (TPSA) is 132 Å². The van der Waals surface area contributed by atoms with Gasteiger partial charge in [-0.1, -0.05) is 0 Å². The monoisotopic (exact) mass is 522 g/mol. The third-order valence-corrected chi connectivity index (χ3v) is 9.33. The molecule has 1 saturated carbocycles. The molecule has 3 aromatic rings. The Labute approximate surface area is 216 Å². The van der Waals surface area contributed by atoms with E-state index in [1.165, 1.54) is 23.2 Å². The molecule has 1 aromatic carbocycles. The zero-order valence-corrected chi connectivity index (χ0v) is 21.9. The molecule has 11 heteroatoms. The minimum atomic E-state index is -3.90. The van der Waals surface area contributed by atoms with Gasteiger partial charge in [-0.05, 0) is 56.2 Å². The normalized spacial score (nSPS) is 18.9. The number of rotatable bonds is 6. The van der Waals surface area contributed by atoms with Crippen molar-refractivity contribution in [1.82, 2.24) is 19.9 Å². The molecule has 10 nitrogen and oxygen atoms in total. The van der Waals surface area contributed by atoms with Gasteiger partial charge < -0.3 is 20.3 Å². The van der Waals surface area contributed by atoms with E-state index in [9.17, 15) is 13.2 Å². The molecule has 37 heavy (non-hydrogen) atoms. The molecule has 0 unspecified atom stereocenters. The highest BCUT2D eigenvalue weighted by molar-refractivity contribution is 7.92. The number of anilines is 2. The Kier molecular flexibility index (Phi) is 6.36. The van der Waals surface area contributed by atoms with Crippen LogP contribution in [0.25, 0.3) is 11.4 Å². The van der Waals surface area contributed by atoms with E-state index in [0.717, 1.165) is 5.56 Å². The molecule has 2 fully saturated rings. The molecule has 2 N–H and O–H groups in total. The molecular formula is C26H30N6O4S. The van der Waals surface area contributed by atoms with Gasteiger partial charge in [0.05, 0.1) is 30.5 Å². The number of sulfone groups is 1. The minimum absolute atomic E-state index is 0.0748. The Hall–Kier alpha value is -3.57. The Morgan fingerprint density at radius 1 is 1.14 bits per heavy atom. The summed E-state index contributed by atoms with van der Waals surface area (Å²) in [6.45, 7) is 3.81. The number of nitrogen functional groups attached to an aromatic ring is 1. The number of nitrogens with two attached hydrogens (primary N) is 1. The van der Waals surface area contributed by atoms with Gasteiger partial charge in [0.25, 0.3) is 5.91 Å². The molecule has 0 radical (unpaired) electrons. The third-order valence-electron chi connectivity index (χ3n) is 6.89. The van der Waals surface area contributed by atoms with Gasteiger partial charge >= 0.3 is 0 Å². The summed E-state index contributed by atoms with van der Waals surface area (Å²) in [6.07, 6.45) is 2.16. The number of nitrogens with zero attached hydrogens (tertiary/aromatic N) is 5. The molecule has 0 bridgehead atoms. The molecule has 1 aliphatic carbocycles. The van der Waals surface area contributed by atoms with Crippen molar-refractivity contribution in [3.8, 4) is 11.4 Å². The number of ether oxygens (including phenoxy) is 1. The number of hydrogen-bond donors (Lipinski definition) is 1. The summed E-state index contributed by atoms with van der Waals surface area (Å²) in [7, 11) is -0.636. The maximum absolute atomic E-state index is 13.9. The van der Waals surface area contributed by atoms with Crippen molar-refractivity contribution in [2.45, 2.75) is 35.6 Å². The summed E-state index contributed by atoms with van der Waals surface area (Å²) in [5, 5.41) is -0.0748. The number of morpholine rings is 1. The highest BCUT2D eigenvalue weighted by Gasteiger charge is 2.58. The van der Waals surface area contributed by atoms with Crippen LogP contribution in [-0.4, -0.2) is 74.1 Å². The fourth-order valence-corrected chi connectivity index (χ4v) is 6.40. The summed E-state index contributed by atoms with van der Waals surface area (Å²) < 4.78 is 32.2. The van der Waals surface area contributed by atoms with Crippen LogP contribution in [0.4, 0.5) is 11.5 Å². The Morgan fingerprint density at radius 2 is 1.86 bits per heavy atom. The lowest BCUT2D eigenvalue weighted by Gasteiger charge is -2.34. The Balaban J connectivity index is 1.59. The molecule has 2 aliphatic rings. The SMILES string of the molecule is C[C@H]1COCCN1c1cc(C2(S(=O)(=O)c3ccc(C(=O)N(C)C)cn3)CC2)nc(-c2ccc(N)cc2)n1. The van der Waals surface area contributed by atoms with Crippen LogP contribution in [0.1, 0.15) is 35.8 Å². The second-order valence-corrected chi connectivity index (χ2v) is 12.0. The maximum Gasteiger partial charge on any atom is 0.254 e. The van der Waals surface area contributed by atoms with Gasteiger partial charge in [0.2, 0.25) is 9.84 Å². The predicted molar refractivity (Wildman–Crippen MR) is 140 cm³/mol. The molecule has 1 atom stereocenters. The van der Waals surface area contributed by atoms with Crippen LogP contribution in [0.15, 0.2) is 53.7 Å². The fraction of sp³-hybridized carbons (Fsp3) is 0.385. The first-order valence-electron chi connectivity index (χ1n) is 12.1. The van der Waals surface area contributed by atoms with Gasteiger partial charge in [0.15, 0.2) is 10.9 Å². The molecule has 3 heterocycles. The second kappa shape index (κ2) is 9.38. The number of benzene rings is 1. The van der Waals surface area contributed by atoms with Crippen molar-refractivity contribution in [2.75, 3.05) is 44.5 Å². The van der Waals surface area contributed by atoms with Crippen molar-refractivity contribution in [1.29, 1.82) is 0 Å². The van der Waals surface area contributed by atoms with Crippen LogP contribution in [0.5, 0.6) is 0 Å². The van der Waals surface area contributed by atoms with E-state index in [4.69, 9.17) is 20.4 Å². The van der Waals surface area contributed by atoms with E-state index in [-0.39, 0.29) is 17.0 Å². The number of amides is 1. The van der Waals surface area contributed by atoms with Crippen LogP contribution in [0.2, 0.25) is 0 Å². The number of carbonyl (C=O) groups excluding carboxylic acids is 1. The lowest BCUT2D eigenvalue weighted by molar-refractivity contribution is 0.0827. The second-order valence-electron chi connectivity index (χ2n) is 9.76. The largest absolute Gasteiger partial charge is 0.399 e. The van der Waals surface area contributed by atoms with Gasteiger partial charge in [-0.3, -0.25) is 4.79 Å². The molecule has 2 aromatic heterocycles. The van der Waals surface area contributed by atoms with Crippen molar-refractivity contribution in [3.05, 3.63) is 59.9 Å². The smallest absolute Gasteiger partial charge is 0.254 e. The number of carbonyl (C=O) groups is 1. The molecule has 1 aliphatic heterocycles. The van der Waals surface area contributed by atoms with E-state index < -0.39 is 14.6 Å². The standard InChI is InChI=1S/C26H30N6O4S/c1-17-16-36-13-12-32(17)22-14-21(29-24(30-22)18-4-7-20(27)8-5-18)26(10-11-26)37(34,35)23-9-6-19(15-28-23)25(33)31(2)3/h4-9,14-15,17H,10-13,16,27H2,1-3H3/t17-/m0/s1. The summed E-state index contributed by atoms with van der Waals surface area (Å²) in [4.78, 5) is 29.6. The van der Waals surface area contributed by atoms with E-state index in [0.29, 0.717) is 61.2 Å². The zero-order valence-electron chi connectivity index (χ0n) is 21.1. The summed E-state index contributed by atoms with van der Waals surface area (Å²) in [5.74, 6) is 0.854. The number of aromatic nitrogens is 3. The van der Waals surface area contributed by atoms with E-state index >= 15 is 0 Å². The van der Waals surface area contributed by atoms with Crippen LogP contribution in [0.3, 0.4) is 0 Å². The van der Waals surface area contributed by atoms with Gasteiger partial charge in [-0.2, -0.15) is 0 Å². The molecule has 194 valence electrons. The molecule has 0 spiro atoms. The first kappa shape index (κ1) is 25.1. The average molecular weight is 523 g/mol. The average Bonchev–Trinajstić information content (AvgIpc) is 3.72. The maximum atomic E-state index is 13.9. The van der Waals surface area contributed by atoms with Crippen LogP contribution >= 0.6 is 0 Å². The van der Waals surface area contributed by atoms with E-state index in [2.05, 4.69) is 9.88 Å². The highest BCUT2D eigenvalue weighted by atomic mass is 32.2. The first-order chi connectivity index (χ1) is 17.6. The summed E-state index contributed by atoms with van der Waals surface area (Å²) in [5.41, 5.74) is 8.00. The van der Waals surface area contributed by atoms with Crippen molar-refractivity contribution >= 4 is 27.2 Å². The number of pyridine rings is 1. The van der Waals surface area contributed by atoms with Gasteiger partial charge in [0.1, 0.15) is 10.6 Å². The summed E-state index contributed by atoms with van der Waals surface area (Å²) in [6, 6.07) is 12.0. The van der Waals surface area contributed by atoms with E-state index in [1.54, 1.807) is 32.3 Å².